The summed E-state index contributed by atoms with van der Waals surface area (Å²) in [6.07, 6.45) is 80.2. The van der Waals surface area contributed by atoms with Gasteiger partial charge in [0.2, 0.25) is 0 Å². The lowest BCUT2D eigenvalue weighted by Gasteiger charge is -2.18. The highest BCUT2D eigenvalue weighted by atomic mass is 16.6. The molecule has 0 aromatic carbocycles. The highest BCUT2D eigenvalue weighted by molar-refractivity contribution is 5.71. The highest BCUT2D eigenvalue weighted by Gasteiger charge is 2.19. The van der Waals surface area contributed by atoms with Crippen molar-refractivity contribution >= 4 is 17.9 Å². The minimum Gasteiger partial charge on any atom is -0.462 e. The Morgan fingerprint density at radius 3 is 0.737 bits per heavy atom. The van der Waals surface area contributed by atoms with Crippen LogP contribution in [-0.2, 0) is 28.6 Å². The van der Waals surface area contributed by atoms with Gasteiger partial charge in [0.1, 0.15) is 13.2 Å². The molecular weight excluding hydrogens is 937 g/mol. The van der Waals surface area contributed by atoms with E-state index in [1.54, 1.807) is 0 Å². The minimum absolute atomic E-state index is 0.0701. The van der Waals surface area contributed by atoms with E-state index in [2.05, 4.69) is 57.2 Å². The average Bonchev–Trinajstić information content (AvgIpc) is 3.42. The lowest BCUT2D eigenvalue weighted by molar-refractivity contribution is -0.167. The molecule has 0 aliphatic rings. The van der Waals surface area contributed by atoms with Crippen molar-refractivity contribution < 1.29 is 28.6 Å². The standard InChI is InChI=1S/C70H130O6/c1-4-7-10-13-16-19-22-25-28-30-31-32-33-34-35-36-37-38-39-40-43-45-48-51-54-57-60-63-69(72)75-66-67(65-74-68(71)62-59-56-53-50-47-44-41-27-24-21-18-15-12-9-6-3)76-70(73)64-61-58-55-52-49-46-42-29-26-23-20-17-14-11-8-5-2/h22,25,29-31,42,67H,4-21,23-24,26-28,32-41,43-66H2,1-3H3/b25-22-,31-30-,42-29-. The topological polar surface area (TPSA) is 78.9 Å². The number of hydrogen-bond acceptors (Lipinski definition) is 6. The van der Waals surface area contributed by atoms with Crippen LogP contribution in [0, 0.1) is 0 Å². The van der Waals surface area contributed by atoms with Crippen LogP contribution in [0.4, 0.5) is 0 Å². The normalized spacial score (nSPS) is 12.2. The number of ether oxygens (including phenoxy) is 3. The summed E-state index contributed by atoms with van der Waals surface area (Å²) in [4.78, 5) is 38.4. The van der Waals surface area contributed by atoms with E-state index in [9.17, 15) is 14.4 Å². The molecule has 0 heterocycles. The van der Waals surface area contributed by atoms with Crippen molar-refractivity contribution in [3.63, 3.8) is 0 Å². The van der Waals surface area contributed by atoms with Crippen LogP contribution in [0.5, 0.6) is 0 Å². The summed E-state index contributed by atoms with van der Waals surface area (Å²) in [6, 6.07) is 0. The van der Waals surface area contributed by atoms with Gasteiger partial charge in [0.25, 0.3) is 0 Å². The zero-order valence-corrected chi connectivity index (χ0v) is 51.3. The Morgan fingerprint density at radius 1 is 0.263 bits per heavy atom. The van der Waals surface area contributed by atoms with Crippen LogP contribution in [0.15, 0.2) is 36.5 Å². The van der Waals surface area contributed by atoms with Crippen LogP contribution < -0.4 is 0 Å². The van der Waals surface area contributed by atoms with E-state index in [0.717, 1.165) is 70.6 Å². The van der Waals surface area contributed by atoms with E-state index in [0.29, 0.717) is 19.3 Å². The van der Waals surface area contributed by atoms with Crippen molar-refractivity contribution in [2.75, 3.05) is 13.2 Å². The molecule has 0 N–H and O–H groups in total. The first kappa shape index (κ1) is 73.6. The third-order valence-electron chi connectivity index (χ3n) is 15.4. The smallest absolute Gasteiger partial charge is 0.306 e. The van der Waals surface area contributed by atoms with Gasteiger partial charge in [-0.3, -0.25) is 14.4 Å². The Balaban J connectivity index is 4.23. The molecule has 0 aliphatic heterocycles. The molecule has 0 aromatic rings. The number of esters is 3. The van der Waals surface area contributed by atoms with Crippen LogP contribution >= 0.6 is 0 Å². The molecule has 6 heteroatoms. The van der Waals surface area contributed by atoms with E-state index in [1.807, 2.05) is 0 Å². The molecule has 1 atom stereocenters. The lowest BCUT2D eigenvalue weighted by atomic mass is 10.0. The summed E-state index contributed by atoms with van der Waals surface area (Å²) in [7, 11) is 0. The molecule has 0 rings (SSSR count). The first-order valence-electron chi connectivity index (χ1n) is 34.0. The first-order valence-corrected chi connectivity index (χ1v) is 34.0. The van der Waals surface area contributed by atoms with Gasteiger partial charge in [-0.25, -0.2) is 0 Å². The monoisotopic (exact) mass is 1070 g/mol. The van der Waals surface area contributed by atoms with Crippen molar-refractivity contribution in [1.82, 2.24) is 0 Å². The van der Waals surface area contributed by atoms with Crippen LogP contribution in [0.3, 0.4) is 0 Å². The van der Waals surface area contributed by atoms with Crippen LogP contribution in [0.2, 0.25) is 0 Å². The lowest BCUT2D eigenvalue weighted by Crippen LogP contribution is -2.30. The number of rotatable bonds is 63. The molecule has 1 unspecified atom stereocenters. The Hall–Kier alpha value is -2.37. The Bertz CT molecular complexity index is 1270. The van der Waals surface area contributed by atoms with E-state index >= 15 is 0 Å². The van der Waals surface area contributed by atoms with E-state index in [4.69, 9.17) is 14.2 Å². The molecule has 446 valence electrons. The second kappa shape index (κ2) is 65.2. The Labute approximate surface area is 474 Å². The Kier molecular flexibility index (Phi) is 63.1. The largest absolute Gasteiger partial charge is 0.462 e. The molecule has 6 nitrogen and oxygen atoms in total. The van der Waals surface area contributed by atoms with Gasteiger partial charge in [-0.2, -0.15) is 0 Å². The van der Waals surface area contributed by atoms with Crippen LogP contribution in [0.25, 0.3) is 0 Å². The molecule has 0 saturated heterocycles. The van der Waals surface area contributed by atoms with Gasteiger partial charge in [-0.1, -0.05) is 314 Å². The molecule has 0 aromatic heterocycles. The summed E-state index contributed by atoms with van der Waals surface area (Å²) in [5, 5.41) is 0. The number of carbonyl (C=O) groups is 3. The molecule has 0 saturated carbocycles. The molecule has 0 bridgehead atoms. The SMILES string of the molecule is CCCCCCC/C=C\C/C=C\CCCCCCCCCCCCCCCCCC(=O)OCC(COC(=O)CCCCCCCCCCCCCCCCC)OC(=O)CCCCCCC/C=C\CCCCCCCCC. The summed E-state index contributed by atoms with van der Waals surface area (Å²) >= 11 is 0. The maximum atomic E-state index is 12.9. The number of unbranched alkanes of at least 4 members (excludes halogenated alkanes) is 46. The predicted molar refractivity (Wildman–Crippen MR) is 330 cm³/mol. The van der Waals surface area contributed by atoms with Crippen molar-refractivity contribution in [1.29, 1.82) is 0 Å². The molecule has 0 amide bonds. The molecule has 76 heavy (non-hydrogen) atoms. The zero-order valence-electron chi connectivity index (χ0n) is 51.3. The molecular formula is C70H130O6. The number of hydrogen-bond donors (Lipinski definition) is 0. The predicted octanol–water partition coefficient (Wildman–Crippen LogP) is 23.2. The van der Waals surface area contributed by atoms with Gasteiger partial charge in [-0.05, 0) is 77.0 Å². The van der Waals surface area contributed by atoms with Gasteiger partial charge in [-0.15, -0.1) is 0 Å². The Morgan fingerprint density at radius 2 is 0.474 bits per heavy atom. The zero-order chi connectivity index (χ0) is 55.0. The second-order valence-corrected chi connectivity index (χ2v) is 23.1. The van der Waals surface area contributed by atoms with Gasteiger partial charge < -0.3 is 14.2 Å². The maximum Gasteiger partial charge on any atom is 0.306 e. The fraction of sp³-hybridized carbons (Fsp3) is 0.871. The van der Waals surface area contributed by atoms with Crippen molar-refractivity contribution in [3.05, 3.63) is 36.5 Å². The summed E-state index contributed by atoms with van der Waals surface area (Å²) in [5.41, 5.74) is 0. The second-order valence-electron chi connectivity index (χ2n) is 23.1. The van der Waals surface area contributed by atoms with E-state index in [1.165, 1.54) is 263 Å². The fourth-order valence-corrected chi connectivity index (χ4v) is 10.2. The fourth-order valence-electron chi connectivity index (χ4n) is 10.2. The quantitative estimate of drug-likeness (QED) is 0.0261. The number of allylic oxidation sites excluding steroid dienone is 6. The third kappa shape index (κ3) is 62.5. The first-order chi connectivity index (χ1) is 37.5. The molecule has 0 aliphatic carbocycles. The maximum absolute atomic E-state index is 12.9. The highest BCUT2D eigenvalue weighted by Crippen LogP contribution is 2.18. The van der Waals surface area contributed by atoms with Crippen molar-refractivity contribution in [2.45, 2.75) is 380 Å². The minimum atomic E-state index is -0.774. The summed E-state index contributed by atoms with van der Waals surface area (Å²) < 4.78 is 17.0. The van der Waals surface area contributed by atoms with Gasteiger partial charge in [0.05, 0.1) is 0 Å². The van der Waals surface area contributed by atoms with Crippen molar-refractivity contribution in [3.8, 4) is 0 Å². The molecule has 0 radical (unpaired) electrons. The third-order valence-corrected chi connectivity index (χ3v) is 15.4. The van der Waals surface area contributed by atoms with Gasteiger partial charge in [0, 0.05) is 19.3 Å². The van der Waals surface area contributed by atoms with Crippen molar-refractivity contribution in [2.24, 2.45) is 0 Å². The van der Waals surface area contributed by atoms with Gasteiger partial charge >= 0.3 is 17.9 Å². The molecule has 0 fully saturated rings. The van der Waals surface area contributed by atoms with E-state index in [-0.39, 0.29) is 31.1 Å². The van der Waals surface area contributed by atoms with E-state index < -0.39 is 6.10 Å². The van der Waals surface area contributed by atoms with Gasteiger partial charge in [0.15, 0.2) is 6.10 Å². The molecule has 0 spiro atoms. The summed E-state index contributed by atoms with van der Waals surface area (Å²) in [6.45, 7) is 6.69. The summed E-state index contributed by atoms with van der Waals surface area (Å²) in [5.74, 6) is -0.852. The van der Waals surface area contributed by atoms with Crippen LogP contribution in [-0.4, -0.2) is 37.2 Å². The number of carbonyl (C=O) groups excluding carboxylic acids is 3. The average molecular weight is 1070 g/mol. The van der Waals surface area contributed by atoms with Crippen LogP contribution in [0.1, 0.15) is 374 Å².